The van der Waals surface area contributed by atoms with Crippen LogP contribution in [0.15, 0.2) is 30.3 Å². The molecule has 0 aliphatic rings. The molecule has 0 unspecified atom stereocenters. The standard InChI is InChI=1S/C12H12F2N2O2/c1-16-11(18-12(13)14)7-10(15-16)8-3-5-9(17-2)6-4-8/h3-7,12H,1-2H3. The number of nitrogens with zero attached hydrogens (tertiary/aromatic N) is 2. The average Bonchev–Trinajstić information content (AvgIpc) is 2.70. The molecule has 0 fully saturated rings. The van der Waals surface area contributed by atoms with Crippen molar-refractivity contribution in [2.75, 3.05) is 7.11 Å². The van der Waals surface area contributed by atoms with Crippen LogP contribution in [0.5, 0.6) is 11.6 Å². The van der Waals surface area contributed by atoms with Crippen LogP contribution in [0.2, 0.25) is 0 Å². The van der Waals surface area contributed by atoms with Crippen LogP contribution < -0.4 is 9.47 Å². The molecule has 0 atom stereocenters. The Morgan fingerprint density at radius 2 is 1.89 bits per heavy atom. The molecular formula is C12H12F2N2O2. The maximum atomic E-state index is 12.1. The van der Waals surface area contributed by atoms with Crippen molar-refractivity contribution in [3.8, 4) is 22.9 Å². The van der Waals surface area contributed by atoms with Gasteiger partial charge >= 0.3 is 6.61 Å². The van der Waals surface area contributed by atoms with Gasteiger partial charge in [-0.05, 0) is 24.3 Å². The summed E-state index contributed by atoms with van der Waals surface area (Å²) in [5.41, 5.74) is 1.37. The Balaban J connectivity index is 2.27. The summed E-state index contributed by atoms with van der Waals surface area (Å²) >= 11 is 0. The molecule has 0 bridgehead atoms. The SMILES string of the molecule is COc1ccc(-c2cc(OC(F)F)n(C)n2)cc1. The zero-order valence-corrected chi connectivity index (χ0v) is 9.93. The Bertz CT molecular complexity index is 523. The van der Waals surface area contributed by atoms with E-state index in [9.17, 15) is 8.78 Å². The van der Waals surface area contributed by atoms with Crippen molar-refractivity contribution in [3.05, 3.63) is 30.3 Å². The summed E-state index contributed by atoms with van der Waals surface area (Å²) in [6, 6.07) is 8.62. The number of hydrogen-bond acceptors (Lipinski definition) is 3. The smallest absolute Gasteiger partial charge is 0.388 e. The van der Waals surface area contributed by atoms with E-state index < -0.39 is 6.61 Å². The summed E-state index contributed by atoms with van der Waals surface area (Å²) < 4.78 is 34.9. The van der Waals surface area contributed by atoms with E-state index in [0.29, 0.717) is 5.69 Å². The molecule has 96 valence electrons. The van der Waals surface area contributed by atoms with Gasteiger partial charge in [-0.3, -0.25) is 0 Å². The highest BCUT2D eigenvalue weighted by atomic mass is 19.3. The lowest BCUT2D eigenvalue weighted by Gasteiger charge is -2.01. The Morgan fingerprint density at radius 3 is 2.44 bits per heavy atom. The van der Waals surface area contributed by atoms with Gasteiger partial charge in [-0.1, -0.05) is 0 Å². The van der Waals surface area contributed by atoms with Crippen LogP contribution in [0.1, 0.15) is 0 Å². The second kappa shape index (κ2) is 5.03. The van der Waals surface area contributed by atoms with Gasteiger partial charge in [0.15, 0.2) is 0 Å². The van der Waals surface area contributed by atoms with Gasteiger partial charge in [-0.25, -0.2) is 4.68 Å². The lowest BCUT2D eigenvalue weighted by molar-refractivity contribution is -0.0553. The van der Waals surface area contributed by atoms with Gasteiger partial charge in [0.2, 0.25) is 5.88 Å². The zero-order valence-electron chi connectivity index (χ0n) is 9.93. The molecule has 0 saturated heterocycles. The zero-order chi connectivity index (χ0) is 13.1. The topological polar surface area (TPSA) is 36.3 Å². The normalized spacial score (nSPS) is 10.7. The third kappa shape index (κ3) is 2.58. The van der Waals surface area contributed by atoms with Crippen molar-refractivity contribution in [1.29, 1.82) is 0 Å². The second-order valence-corrected chi connectivity index (χ2v) is 3.60. The summed E-state index contributed by atoms with van der Waals surface area (Å²) in [6.45, 7) is -2.86. The van der Waals surface area contributed by atoms with Crippen molar-refractivity contribution in [1.82, 2.24) is 9.78 Å². The van der Waals surface area contributed by atoms with Crippen LogP contribution in [-0.4, -0.2) is 23.5 Å². The van der Waals surface area contributed by atoms with E-state index in [4.69, 9.17) is 4.74 Å². The minimum absolute atomic E-state index is 0.0239. The van der Waals surface area contributed by atoms with E-state index in [1.165, 1.54) is 10.7 Å². The Morgan fingerprint density at radius 1 is 1.22 bits per heavy atom. The average molecular weight is 254 g/mol. The van der Waals surface area contributed by atoms with Gasteiger partial charge in [0, 0.05) is 18.7 Å². The monoisotopic (exact) mass is 254 g/mol. The lowest BCUT2D eigenvalue weighted by Crippen LogP contribution is -2.05. The number of hydrogen-bond donors (Lipinski definition) is 0. The van der Waals surface area contributed by atoms with Crippen LogP contribution >= 0.6 is 0 Å². The van der Waals surface area contributed by atoms with Crippen molar-refractivity contribution in [2.45, 2.75) is 6.61 Å². The molecule has 0 radical (unpaired) electrons. The number of benzene rings is 1. The molecule has 0 N–H and O–H groups in total. The van der Waals surface area contributed by atoms with E-state index >= 15 is 0 Å². The third-order valence-electron chi connectivity index (χ3n) is 2.43. The highest BCUT2D eigenvalue weighted by Crippen LogP contribution is 2.25. The molecule has 1 aromatic carbocycles. The molecule has 2 aromatic rings. The number of alkyl halides is 2. The first-order chi connectivity index (χ1) is 8.60. The number of methoxy groups -OCH3 is 1. The van der Waals surface area contributed by atoms with Gasteiger partial charge in [0.05, 0.1) is 12.8 Å². The molecule has 0 aliphatic carbocycles. The maximum absolute atomic E-state index is 12.1. The Kier molecular flexibility index (Phi) is 3.45. The summed E-state index contributed by atoms with van der Waals surface area (Å²) in [4.78, 5) is 0. The molecule has 0 amide bonds. The highest BCUT2D eigenvalue weighted by molar-refractivity contribution is 5.61. The molecule has 0 saturated carbocycles. The minimum Gasteiger partial charge on any atom is -0.497 e. The lowest BCUT2D eigenvalue weighted by atomic mass is 10.1. The molecule has 1 aromatic heterocycles. The maximum Gasteiger partial charge on any atom is 0.388 e. The Labute approximate surface area is 103 Å². The second-order valence-electron chi connectivity index (χ2n) is 3.60. The van der Waals surface area contributed by atoms with Crippen LogP contribution in [-0.2, 0) is 7.05 Å². The van der Waals surface area contributed by atoms with E-state index in [1.54, 1.807) is 38.4 Å². The predicted molar refractivity (Wildman–Crippen MR) is 61.8 cm³/mol. The largest absolute Gasteiger partial charge is 0.497 e. The number of aromatic nitrogens is 2. The van der Waals surface area contributed by atoms with Gasteiger partial charge in [-0.15, -0.1) is 0 Å². The van der Waals surface area contributed by atoms with Gasteiger partial charge in [0.1, 0.15) is 5.75 Å². The number of ether oxygens (including phenoxy) is 2. The molecule has 0 aliphatic heterocycles. The highest BCUT2D eigenvalue weighted by Gasteiger charge is 2.12. The van der Waals surface area contributed by atoms with Crippen molar-refractivity contribution < 1.29 is 18.3 Å². The predicted octanol–water partition coefficient (Wildman–Crippen LogP) is 2.70. The molecule has 2 rings (SSSR count). The van der Waals surface area contributed by atoms with E-state index in [2.05, 4.69) is 9.84 Å². The summed E-state index contributed by atoms with van der Waals surface area (Å²) in [5.74, 6) is 0.745. The van der Waals surface area contributed by atoms with Gasteiger partial charge < -0.3 is 9.47 Å². The molecule has 0 spiro atoms. The first-order valence-corrected chi connectivity index (χ1v) is 5.23. The molecular weight excluding hydrogens is 242 g/mol. The third-order valence-corrected chi connectivity index (χ3v) is 2.43. The van der Waals surface area contributed by atoms with Crippen molar-refractivity contribution >= 4 is 0 Å². The first-order valence-electron chi connectivity index (χ1n) is 5.23. The molecule has 18 heavy (non-hydrogen) atoms. The van der Waals surface area contributed by atoms with Gasteiger partial charge in [-0.2, -0.15) is 13.9 Å². The number of halogens is 2. The summed E-state index contributed by atoms with van der Waals surface area (Å²) in [5, 5.41) is 4.11. The number of aryl methyl sites for hydroxylation is 1. The minimum atomic E-state index is -2.86. The fourth-order valence-corrected chi connectivity index (χ4v) is 1.55. The fourth-order valence-electron chi connectivity index (χ4n) is 1.55. The quantitative estimate of drug-likeness (QED) is 0.841. The van der Waals surface area contributed by atoms with E-state index in [-0.39, 0.29) is 5.88 Å². The van der Waals surface area contributed by atoms with Crippen LogP contribution in [0.3, 0.4) is 0 Å². The van der Waals surface area contributed by atoms with Crippen LogP contribution in [0, 0.1) is 0 Å². The van der Waals surface area contributed by atoms with Crippen molar-refractivity contribution in [3.63, 3.8) is 0 Å². The van der Waals surface area contributed by atoms with Crippen molar-refractivity contribution in [2.24, 2.45) is 7.05 Å². The number of rotatable bonds is 4. The molecule has 6 heteroatoms. The molecule has 4 nitrogen and oxygen atoms in total. The fraction of sp³-hybridized carbons (Fsp3) is 0.250. The molecule has 1 heterocycles. The Hall–Kier alpha value is -2.11. The van der Waals surface area contributed by atoms with E-state index in [1.807, 2.05) is 0 Å². The van der Waals surface area contributed by atoms with Crippen LogP contribution in [0.25, 0.3) is 11.3 Å². The first kappa shape index (κ1) is 12.3. The van der Waals surface area contributed by atoms with E-state index in [0.717, 1.165) is 11.3 Å². The van der Waals surface area contributed by atoms with Crippen LogP contribution in [0.4, 0.5) is 8.78 Å². The summed E-state index contributed by atoms with van der Waals surface area (Å²) in [6.07, 6.45) is 0. The summed E-state index contributed by atoms with van der Waals surface area (Å²) in [7, 11) is 3.12. The van der Waals surface area contributed by atoms with Gasteiger partial charge in [0.25, 0.3) is 0 Å².